The van der Waals surface area contributed by atoms with Crippen molar-refractivity contribution in [2.24, 2.45) is 0 Å². The number of ether oxygens (including phenoxy) is 2. The molecule has 3 nitrogen and oxygen atoms in total. The van der Waals surface area contributed by atoms with Gasteiger partial charge in [0.1, 0.15) is 5.75 Å². The number of para-hydroxylation sites is 1. The van der Waals surface area contributed by atoms with E-state index in [1.807, 2.05) is 18.2 Å². The maximum Gasteiger partial charge on any atom is 0.513 e. The number of carbonyl (C=O) groups excluding carboxylic acids is 1. The normalized spacial score (nSPS) is 10.3. The number of hydrogen-bond acceptors (Lipinski definition) is 3. The highest BCUT2D eigenvalue weighted by Gasteiger charge is 2.03. The molecule has 0 bridgehead atoms. The first-order chi connectivity index (χ1) is 7.83. The lowest BCUT2D eigenvalue weighted by molar-refractivity contribution is 0.101. The monoisotopic (exact) mass is 220 g/mol. The Bertz CT molecular complexity index is 330. The van der Waals surface area contributed by atoms with Gasteiger partial charge in [0, 0.05) is 0 Å². The average Bonchev–Trinajstić information content (AvgIpc) is 2.30. The standard InChI is InChI=1S/C13H16O3/c1-2-3-4-8-11-15-13(14)16-12-9-6-5-7-10-12/h3-7,9-10H,2,8,11H2,1H3. The van der Waals surface area contributed by atoms with E-state index in [1.54, 1.807) is 24.3 Å². The van der Waals surface area contributed by atoms with Crippen molar-refractivity contribution >= 4 is 6.16 Å². The minimum absolute atomic E-state index is 0.349. The van der Waals surface area contributed by atoms with E-state index in [4.69, 9.17) is 9.47 Å². The van der Waals surface area contributed by atoms with E-state index in [-0.39, 0.29) is 0 Å². The molecule has 0 unspecified atom stereocenters. The third-order valence-corrected chi connectivity index (χ3v) is 1.85. The predicted octanol–water partition coefficient (Wildman–Crippen LogP) is 3.56. The number of allylic oxidation sites excluding steroid dienone is 1. The summed E-state index contributed by atoms with van der Waals surface area (Å²) in [5, 5.41) is 0. The van der Waals surface area contributed by atoms with Crippen LogP contribution in [0.1, 0.15) is 19.8 Å². The number of hydrogen-bond donors (Lipinski definition) is 0. The molecule has 1 rings (SSSR count). The zero-order valence-electron chi connectivity index (χ0n) is 9.39. The summed E-state index contributed by atoms with van der Waals surface area (Å²) < 4.78 is 9.82. The van der Waals surface area contributed by atoms with Gasteiger partial charge in [0.05, 0.1) is 6.61 Å². The van der Waals surface area contributed by atoms with Crippen LogP contribution in [0.25, 0.3) is 0 Å². The lowest BCUT2D eigenvalue weighted by atomic mass is 10.3. The van der Waals surface area contributed by atoms with Gasteiger partial charge in [0.2, 0.25) is 0 Å². The Morgan fingerprint density at radius 1 is 1.25 bits per heavy atom. The summed E-state index contributed by atoms with van der Waals surface area (Å²) >= 11 is 0. The van der Waals surface area contributed by atoms with Crippen molar-refractivity contribution in [1.29, 1.82) is 0 Å². The zero-order chi connectivity index (χ0) is 11.6. The molecule has 0 amide bonds. The quantitative estimate of drug-likeness (QED) is 0.329. The molecule has 0 spiro atoms. The summed E-state index contributed by atoms with van der Waals surface area (Å²) in [7, 11) is 0. The number of rotatable bonds is 5. The molecule has 0 aliphatic carbocycles. The van der Waals surface area contributed by atoms with Crippen LogP contribution in [-0.4, -0.2) is 12.8 Å². The van der Waals surface area contributed by atoms with Gasteiger partial charge in [-0.1, -0.05) is 37.3 Å². The van der Waals surface area contributed by atoms with Crippen molar-refractivity contribution < 1.29 is 14.3 Å². The van der Waals surface area contributed by atoms with Crippen molar-refractivity contribution in [2.45, 2.75) is 19.8 Å². The third-order valence-electron chi connectivity index (χ3n) is 1.85. The fraction of sp³-hybridized carbons (Fsp3) is 0.308. The Labute approximate surface area is 95.7 Å². The minimum Gasteiger partial charge on any atom is -0.434 e. The van der Waals surface area contributed by atoms with E-state index >= 15 is 0 Å². The van der Waals surface area contributed by atoms with Crippen LogP contribution in [0.4, 0.5) is 4.79 Å². The maximum absolute atomic E-state index is 11.2. The van der Waals surface area contributed by atoms with Crippen LogP contribution in [0.3, 0.4) is 0 Å². The van der Waals surface area contributed by atoms with Crippen LogP contribution in [0.15, 0.2) is 42.5 Å². The van der Waals surface area contributed by atoms with Crippen molar-refractivity contribution in [3.63, 3.8) is 0 Å². The van der Waals surface area contributed by atoms with Gasteiger partial charge in [-0.3, -0.25) is 0 Å². The third kappa shape index (κ3) is 5.20. The van der Waals surface area contributed by atoms with E-state index in [9.17, 15) is 4.79 Å². The predicted molar refractivity (Wildman–Crippen MR) is 62.5 cm³/mol. The SMILES string of the molecule is CCC=CCCOC(=O)Oc1ccccc1. The Kier molecular flexibility index (Phi) is 5.78. The fourth-order valence-corrected chi connectivity index (χ4v) is 1.11. The molecular formula is C13H16O3. The average molecular weight is 220 g/mol. The van der Waals surface area contributed by atoms with Crippen molar-refractivity contribution in [1.82, 2.24) is 0 Å². The lowest BCUT2D eigenvalue weighted by Crippen LogP contribution is -2.10. The molecule has 0 saturated heterocycles. The molecule has 0 aromatic heterocycles. The molecule has 0 atom stereocenters. The van der Waals surface area contributed by atoms with Crippen LogP contribution in [-0.2, 0) is 4.74 Å². The second-order valence-electron chi connectivity index (χ2n) is 3.18. The summed E-state index contributed by atoms with van der Waals surface area (Å²) in [6.07, 6.45) is 5.07. The van der Waals surface area contributed by atoms with Gasteiger partial charge < -0.3 is 9.47 Å². The Morgan fingerprint density at radius 2 is 2.00 bits per heavy atom. The van der Waals surface area contributed by atoms with E-state index in [1.165, 1.54) is 0 Å². The molecule has 0 aliphatic heterocycles. The molecule has 1 aromatic rings. The van der Waals surface area contributed by atoms with Gasteiger partial charge in [0.15, 0.2) is 0 Å². The summed E-state index contributed by atoms with van der Waals surface area (Å²) in [4.78, 5) is 11.2. The maximum atomic E-state index is 11.2. The molecular weight excluding hydrogens is 204 g/mol. The first-order valence-electron chi connectivity index (χ1n) is 5.37. The first-order valence-corrected chi connectivity index (χ1v) is 5.37. The van der Waals surface area contributed by atoms with E-state index < -0.39 is 6.16 Å². The Hall–Kier alpha value is -1.77. The van der Waals surface area contributed by atoms with E-state index in [0.29, 0.717) is 12.4 Å². The van der Waals surface area contributed by atoms with E-state index in [0.717, 1.165) is 12.8 Å². The molecule has 1 aromatic carbocycles. The highest BCUT2D eigenvalue weighted by Crippen LogP contribution is 2.09. The Morgan fingerprint density at radius 3 is 2.69 bits per heavy atom. The largest absolute Gasteiger partial charge is 0.513 e. The minimum atomic E-state index is -0.656. The summed E-state index contributed by atoms with van der Waals surface area (Å²) in [6.45, 7) is 2.41. The second kappa shape index (κ2) is 7.51. The smallest absolute Gasteiger partial charge is 0.434 e. The molecule has 16 heavy (non-hydrogen) atoms. The van der Waals surface area contributed by atoms with Gasteiger partial charge in [-0.15, -0.1) is 0 Å². The van der Waals surface area contributed by atoms with Crippen LogP contribution >= 0.6 is 0 Å². The highest BCUT2D eigenvalue weighted by atomic mass is 16.7. The van der Waals surface area contributed by atoms with Crippen LogP contribution in [0.2, 0.25) is 0 Å². The topological polar surface area (TPSA) is 35.5 Å². The molecule has 3 heteroatoms. The zero-order valence-corrected chi connectivity index (χ0v) is 9.39. The molecule has 86 valence electrons. The molecule has 0 aliphatic rings. The van der Waals surface area contributed by atoms with Crippen molar-refractivity contribution in [2.75, 3.05) is 6.61 Å². The highest BCUT2D eigenvalue weighted by molar-refractivity contribution is 5.63. The summed E-state index contributed by atoms with van der Waals surface area (Å²) in [6, 6.07) is 8.86. The molecule has 0 N–H and O–H groups in total. The molecule has 0 fully saturated rings. The lowest BCUT2D eigenvalue weighted by Gasteiger charge is -2.03. The molecule has 0 saturated carbocycles. The number of carbonyl (C=O) groups is 1. The molecule has 0 radical (unpaired) electrons. The first kappa shape index (κ1) is 12.3. The molecule has 0 heterocycles. The van der Waals surface area contributed by atoms with Gasteiger partial charge in [0.25, 0.3) is 0 Å². The van der Waals surface area contributed by atoms with Gasteiger partial charge in [-0.05, 0) is 25.0 Å². The van der Waals surface area contributed by atoms with Gasteiger partial charge in [-0.25, -0.2) is 4.79 Å². The van der Waals surface area contributed by atoms with Gasteiger partial charge in [-0.2, -0.15) is 0 Å². The van der Waals surface area contributed by atoms with Crippen LogP contribution in [0.5, 0.6) is 5.75 Å². The summed E-state index contributed by atoms with van der Waals surface area (Å²) in [5.74, 6) is 0.497. The van der Waals surface area contributed by atoms with E-state index in [2.05, 4.69) is 6.92 Å². The van der Waals surface area contributed by atoms with Gasteiger partial charge >= 0.3 is 6.16 Å². The van der Waals surface area contributed by atoms with Crippen LogP contribution < -0.4 is 4.74 Å². The number of benzene rings is 1. The summed E-state index contributed by atoms with van der Waals surface area (Å²) in [5.41, 5.74) is 0. The van der Waals surface area contributed by atoms with Crippen molar-refractivity contribution in [3.8, 4) is 5.75 Å². The van der Waals surface area contributed by atoms with Crippen LogP contribution in [0, 0.1) is 0 Å². The fourth-order valence-electron chi connectivity index (χ4n) is 1.11. The second-order valence-corrected chi connectivity index (χ2v) is 3.18. The van der Waals surface area contributed by atoms with Crippen molar-refractivity contribution in [3.05, 3.63) is 42.5 Å². The Balaban J connectivity index is 2.19.